The molecule has 0 spiro atoms. The molecule has 3 aromatic rings. The fraction of sp³-hybridized carbons (Fsp3) is 0.385. The molecule has 1 amide bonds. The lowest BCUT2D eigenvalue weighted by Crippen LogP contribution is -2.48. The standard InChI is InChI=1S/C26H30F2N8O2/c1-15(2)36-16(3)31-24-19(27)11-17(12-21(24)36)23-20(28)14-30-25(33-23)32-22-6-5-18(13-29-22)34-7-9-35(10-8-34)26(37)38-4/h5-6,11-16,31H,7-10H2,1-4H3,(H,29,30,32,33). The average molecular weight is 525 g/mol. The molecule has 38 heavy (non-hydrogen) atoms. The molecule has 1 aromatic carbocycles. The van der Waals surface area contributed by atoms with Gasteiger partial charge in [-0.25, -0.2) is 28.5 Å². The third-order valence-electron chi connectivity index (χ3n) is 6.76. The molecule has 5 rings (SSSR count). The number of benzene rings is 1. The monoisotopic (exact) mass is 524 g/mol. The molecular formula is C26H30F2N8O2. The van der Waals surface area contributed by atoms with Crippen LogP contribution >= 0.6 is 0 Å². The minimum atomic E-state index is -0.653. The second-order valence-corrected chi connectivity index (χ2v) is 9.53. The first-order valence-corrected chi connectivity index (χ1v) is 12.5. The molecule has 2 aromatic heterocycles. The Labute approximate surface area is 219 Å². The van der Waals surface area contributed by atoms with Crippen LogP contribution < -0.4 is 20.4 Å². The SMILES string of the molecule is COC(=O)N1CCN(c2ccc(Nc3ncc(F)c(-c4cc(F)c5c(c4)N(C(C)C)C(C)N5)n3)nc2)CC1. The average Bonchev–Trinajstić information content (AvgIpc) is 3.26. The van der Waals surface area contributed by atoms with Gasteiger partial charge in [0.2, 0.25) is 5.95 Å². The van der Waals surface area contributed by atoms with Gasteiger partial charge in [-0.15, -0.1) is 0 Å². The summed E-state index contributed by atoms with van der Waals surface area (Å²) >= 11 is 0. The predicted molar refractivity (Wildman–Crippen MR) is 142 cm³/mol. The van der Waals surface area contributed by atoms with E-state index in [0.717, 1.165) is 11.9 Å². The number of methoxy groups -OCH3 is 1. The van der Waals surface area contributed by atoms with E-state index in [1.807, 2.05) is 31.7 Å². The van der Waals surface area contributed by atoms with E-state index in [-0.39, 0.29) is 29.9 Å². The van der Waals surface area contributed by atoms with Crippen molar-refractivity contribution in [1.29, 1.82) is 0 Å². The highest BCUT2D eigenvalue weighted by Crippen LogP contribution is 2.41. The second kappa shape index (κ2) is 10.3. The number of anilines is 5. The lowest BCUT2D eigenvalue weighted by molar-refractivity contribution is 0.121. The molecule has 2 aliphatic heterocycles. The summed E-state index contributed by atoms with van der Waals surface area (Å²) in [6, 6.07) is 6.82. The summed E-state index contributed by atoms with van der Waals surface area (Å²) in [7, 11) is 1.38. The van der Waals surface area contributed by atoms with Crippen molar-refractivity contribution in [2.45, 2.75) is 33.0 Å². The molecule has 0 radical (unpaired) electrons. The summed E-state index contributed by atoms with van der Waals surface area (Å²) in [5.74, 6) is -0.505. The van der Waals surface area contributed by atoms with Crippen molar-refractivity contribution in [1.82, 2.24) is 19.9 Å². The Morgan fingerprint density at radius 2 is 1.87 bits per heavy atom. The summed E-state index contributed by atoms with van der Waals surface area (Å²) in [5.41, 5.74) is 2.29. The van der Waals surface area contributed by atoms with E-state index in [1.165, 1.54) is 13.2 Å². The van der Waals surface area contributed by atoms with Gasteiger partial charge >= 0.3 is 6.09 Å². The van der Waals surface area contributed by atoms with Crippen LogP contribution in [0.15, 0.2) is 36.7 Å². The van der Waals surface area contributed by atoms with Gasteiger partial charge in [0.25, 0.3) is 0 Å². The van der Waals surface area contributed by atoms with Crippen molar-refractivity contribution in [2.24, 2.45) is 0 Å². The van der Waals surface area contributed by atoms with Gasteiger partial charge in [0, 0.05) is 37.8 Å². The number of piperazine rings is 1. The van der Waals surface area contributed by atoms with Gasteiger partial charge in [0.05, 0.1) is 42.7 Å². The molecule has 4 heterocycles. The first kappa shape index (κ1) is 25.4. The molecule has 12 heteroatoms. The number of hydrogen-bond donors (Lipinski definition) is 2. The molecule has 1 saturated heterocycles. The number of amides is 1. The summed E-state index contributed by atoms with van der Waals surface area (Å²) in [4.78, 5) is 30.3. The second-order valence-electron chi connectivity index (χ2n) is 9.53. The van der Waals surface area contributed by atoms with E-state index in [0.29, 0.717) is 48.9 Å². The molecule has 0 bridgehead atoms. The highest BCUT2D eigenvalue weighted by atomic mass is 19.1. The number of rotatable bonds is 5. The zero-order valence-corrected chi connectivity index (χ0v) is 21.7. The van der Waals surface area contributed by atoms with Crippen LogP contribution in [-0.4, -0.2) is 71.4 Å². The Morgan fingerprint density at radius 3 is 2.53 bits per heavy atom. The van der Waals surface area contributed by atoms with E-state index < -0.39 is 11.6 Å². The van der Waals surface area contributed by atoms with Crippen LogP contribution in [0.1, 0.15) is 20.8 Å². The van der Waals surface area contributed by atoms with Crippen LogP contribution in [0.2, 0.25) is 0 Å². The molecule has 0 aliphatic carbocycles. The topological polar surface area (TPSA) is 98.8 Å². The number of aromatic nitrogens is 3. The fourth-order valence-electron chi connectivity index (χ4n) is 4.96. The predicted octanol–water partition coefficient (Wildman–Crippen LogP) is 4.44. The van der Waals surface area contributed by atoms with Crippen LogP contribution in [-0.2, 0) is 4.74 Å². The molecular weight excluding hydrogens is 494 g/mol. The highest BCUT2D eigenvalue weighted by molar-refractivity contribution is 5.82. The van der Waals surface area contributed by atoms with Crippen LogP contribution in [0.5, 0.6) is 0 Å². The Kier molecular flexibility index (Phi) is 6.87. The van der Waals surface area contributed by atoms with E-state index in [4.69, 9.17) is 4.74 Å². The first-order valence-electron chi connectivity index (χ1n) is 12.5. The first-order chi connectivity index (χ1) is 18.2. The molecule has 1 fully saturated rings. The number of nitrogens with zero attached hydrogens (tertiary/aromatic N) is 6. The maximum atomic E-state index is 15.0. The Hall–Kier alpha value is -4.22. The number of carbonyl (C=O) groups excluding carboxylic acids is 1. The van der Waals surface area contributed by atoms with Crippen molar-refractivity contribution in [3.8, 4) is 11.3 Å². The van der Waals surface area contributed by atoms with Crippen molar-refractivity contribution >= 4 is 34.9 Å². The molecule has 1 atom stereocenters. The normalized spacial score (nSPS) is 16.9. The molecule has 1 unspecified atom stereocenters. The Bertz CT molecular complexity index is 1330. The lowest BCUT2D eigenvalue weighted by Gasteiger charge is -2.35. The zero-order valence-electron chi connectivity index (χ0n) is 21.7. The third kappa shape index (κ3) is 4.85. The highest BCUT2D eigenvalue weighted by Gasteiger charge is 2.31. The van der Waals surface area contributed by atoms with Crippen LogP contribution in [0.25, 0.3) is 11.3 Å². The minimum absolute atomic E-state index is 0.00689. The molecule has 0 saturated carbocycles. The number of hydrogen-bond acceptors (Lipinski definition) is 9. The van der Waals surface area contributed by atoms with Gasteiger partial charge in [0.15, 0.2) is 5.82 Å². The maximum Gasteiger partial charge on any atom is 0.409 e. The van der Waals surface area contributed by atoms with Gasteiger partial charge in [-0.05, 0) is 45.0 Å². The quantitative estimate of drug-likeness (QED) is 0.502. The number of fused-ring (bicyclic) bond motifs is 1. The smallest absolute Gasteiger partial charge is 0.409 e. The third-order valence-corrected chi connectivity index (χ3v) is 6.76. The number of carbonyl (C=O) groups is 1. The Balaban J connectivity index is 1.33. The van der Waals surface area contributed by atoms with Crippen molar-refractivity contribution in [3.63, 3.8) is 0 Å². The van der Waals surface area contributed by atoms with Gasteiger partial charge in [-0.1, -0.05) is 0 Å². The molecule has 2 N–H and O–H groups in total. The number of ether oxygens (including phenoxy) is 1. The van der Waals surface area contributed by atoms with Crippen molar-refractivity contribution in [3.05, 3.63) is 48.3 Å². The number of halogens is 2. The van der Waals surface area contributed by atoms with E-state index in [9.17, 15) is 13.6 Å². The lowest BCUT2D eigenvalue weighted by atomic mass is 10.1. The van der Waals surface area contributed by atoms with Crippen LogP contribution in [0, 0.1) is 11.6 Å². The largest absolute Gasteiger partial charge is 0.453 e. The van der Waals surface area contributed by atoms with E-state index >= 15 is 0 Å². The molecule has 2 aliphatic rings. The Morgan fingerprint density at radius 1 is 1.11 bits per heavy atom. The van der Waals surface area contributed by atoms with Crippen LogP contribution in [0.4, 0.5) is 42.4 Å². The van der Waals surface area contributed by atoms with Crippen molar-refractivity contribution in [2.75, 3.05) is 53.7 Å². The summed E-state index contributed by atoms with van der Waals surface area (Å²) in [6.45, 7) is 8.43. The van der Waals surface area contributed by atoms with E-state index in [2.05, 4.69) is 30.5 Å². The van der Waals surface area contributed by atoms with E-state index in [1.54, 1.807) is 23.2 Å². The minimum Gasteiger partial charge on any atom is -0.453 e. The summed E-state index contributed by atoms with van der Waals surface area (Å²) in [6.07, 6.45) is 2.36. The van der Waals surface area contributed by atoms with Crippen molar-refractivity contribution < 1.29 is 18.3 Å². The van der Waals surface area contributed by atoms with Gasteiger partial charge in [0.1, 0.15) is 17.3 Å². The molecule has 10 nitrogen and oxygen atoms in total. The van der Waals surface area contributed by atoms with Gasteiger partial charge in [-0.3, -0.25) is 0 Å². The summed E-state index contributed by atoms with van der Waals surface area (Å²) < 4.78 is 34.6. The molecule has 200 valence electrons. The fourth-order valence-corrected chi connectivity index (χ4v) is 4.96. The van der Waals surface area contributed by atoms with Gasteiger partial charge < -0.3 is 30.1 Å². The van der Waals surface area contributed by atoms with Gasteiger partial charge in [-0.2, -0.15) is 0 Å². The maximum absolute atomic E-state index is 15.0. The van der Waals surface area contributed by atoms with Crippen LogP contribution in [0.3, 0.4) is 0 Å². The zero-order chi connectivity index (χ0) is 27.0. The number of pyridine rings is 1. The summed E-state index contributed by atoms with van der Waals surface area (Å²) in [5, 5.41) is 6.15. The number of nitrogens with one attached hydrogen (secondary N) is 2.